The fraction of sp³-hybridized carbons (Fsp3) is 0.636. The first-order valence-electron chi connectivity index (χ1n) is 5.79. The second-order valence-electron chi connectivity index (χ2n) is 4.91. The third-order valence-corrected chi connectivity index (χ3v) is 3.12. The summed E-state index contributed by atoms with van der Waals surface area (Å²) in [5.74, 6) is 0.328. The standard InChI is InChI=1S/C11H17N3O3/c1-14(5-2-3-9(15)7-14)8-11(16)12-10-4-6-17-13-10/h4,6,9,15H,2-3,5,7-8H2,1H3/p+1/t9?,14-/m1/s1. The number of anilines is 1. The van der Waals surface area contributed by atoms with E-state index < -0.39 is 0 Å². The summed E-state index contributed by atoms with van der Waals surface area (Å²) >= 11 is 0. The molecule has 17 heavy (non-hydrogen) atoms. The lowest BCUT2D eigenvalue weighted by atomic mass is 10.1. The van der Waals surface area contributed by atoms with E-state index in [2.05, 4.69) is 15.0 Å². The average Bonchev–Trinajstić information content (AvgIpc) is 2.68. The molecule has 2 rings (SSSR count). The first-order chi connectivity index (χ1) is 8.07. The van der Waals surface area contributed by atoms with Crippen LogP contribution >= 0.6 is 0 Å². The van der Waals surface area contributed by atoms with Crippen LogP contribution in [0.25, 0.3) is 0 Å². The van der Waals surface area contributed by atoms with Gasteiger partial charge in [0.25, 0.3) is 5.91 Å². The summed E-state index contributed by atoms with van der Waals surface area (Å²) in [7, 11) is 1.99. The highest BCUT2D eigenvalue weighted by Gasteiger charge is 2.32. The van der Waals surface area contributed by atoms with Gasteiger partial charge in [0, 0.05) is 6.07 Å². The van der Waals surface area contributed by atoms with E-state index in [-0.39, 0.29) is 12.0 Å². The molecular formula is C11H18N3O3+. The SMILES string of the molecule is C[N@@+]1(CC(=O)Nc2ccon2)CCCC(O)C1. The molecule has 0 bridgehead atoms. The van der Waals surface area contributed by atoms with Crippen molar-refractivity contribution in [2.75, 3.05) is 32.0 Å². The van der Waals surface area contributed by atoms with E-state index in [1.807, 2.05) is 7.05 Å². The molecule has 0 radical (unpaired) electrons. The second kappa shape index (κ2) is 4.85. The third kappa shape index (κ3) is 3.28. The van der Waals surface area contributed by atoms with Gasteiger partial charge in [-0.05, 0) is 12.8 Å². The third-order valence-electron chi connectivity index (χ3n) is 3.12. The molecule has 1 amide bonds. The number of aromatic nitrogens is 1. The minimum atomic E-state index is -0.298. The van der Waals surface area contributed by atoms with Gasteiger partial charge in [-0.25, -0.2) is 0 Å². The van der Waals surface area contributed by atoms with Crippen molar-refractivity contribution in [3.05, 3.63) is 12.3 Å². The van der Waals surface area contributed by atoms with Crippen LogP contribution < -0.4 is 5.32 Å². The zero-order chi connectivity index (χ0) is 12.3. The second-order valence-corrected chi connectivity index (χ2v) is 4.91. The number of aliphatic hydroxyl groups excluding tert-OH is 1. The van der Waals surface area contributed by atoms with Gasteiger partial charge in [0.1, 0.15) is 18.9 Å². The molecule has 1 aliphatic rings. The molecule has 1 aromatic rings. The van der Waals surface area contributed by atoms with Crippen molar-refractivity contribution in [3.8, 4) is 0 Å². The first-order valence-corrected chi connectivity index (χ1v) is 5.79. The highest BCUT2D eigenvalue weighted by atomic mass is 16.5. The van der Waals surface area contributed by atoms with Crippen molar-refractivity contribution in [3.63, 3.8) is 0 Å². The smallest absolute Gasteiger partial charge is 0.280 e. The summed E-state index contributed by atoms with van der Waals surface area (Å²) in [6, 6.07) is 1.60. The van der Waals surface area contributed by atoms with Crippen LogP contribution in [0.15, 0.2) is 16.9 Å². The molecule has 2 atom stereocenters. The molecule has 6 nitrogen and oxygen atoms in total. The monoisotopic (exact) mass is 240 g/mol. The van der Waals surface area contributed by atoms with E-state index in [1.54, 1.807) is 6.07 Å². The molecule has 1 aromatic heterocycles. The Balaban J connectivity index is 1.89. The minimum absolute atomic E-state index is 0.101. The van der Waals surface area contributed by atoms with E-state index in [0.717, 1.165) is 19.4 Å². The van der Waals surface area contributed by atoms with Gasteiger partial charge in [0.2, 0.25) is 0 Å². The number of hydrogen-bond acceptors (Lipinski definition) is 4. The van der Waals surface area contributed by atoms with Gasteiger partial charge in [-0.2, -0.15) is 0 Å². The van der Waals surface area contributed by atoms with Crippen LogP contribution in [-0.2, 0) is 4.79 Å². The maximum Gasteiger partial charge on any atom is 0.280 e. The van der Waals surface area contributed by atoms with Crippen molar-refractivity contribution in [1.29, 1.82) is 0 Å². The number of likely N-dealkylation sites (tertiary alicyclic amines) is 1. The van der Waals surface area contributed by atoms with Crippen molar-refractivity contribution >= 4 is 11.7 Å². The Morgan fingerprint density at radius 3 is 3.24 bits per heavy atom. The van der Waals surface area contributed by atoms with Gasteiger partial charge in [-0.1, -0.05) is 5.16 Å². The largest absolute Gasteiger partial charge is 0.387 e. The first kappa shape index (κ1) is 12.1. The van der Waals surface area contributed by atoms with Crippen LogP contribution in [0.5, 0.6) is 0 Å². The zero-order valence-corrected chi connectivity index (χ0v) is 9.93. The number of hydrogen-bond donors (Lipinski definition) is 2. The van der Waals surface area contributed by atoms with E-state index in [9.17, 15) is 9.90 Å². The topological polar surface area (TPSA) is 75.4 Å². The van der Waals surface area contributed by atoms with Crippen molar-refractivity contribution in [2.24, 2.45) is 0 Å². The average molecular weight is 240 g/mol. The lowest BCUT2D eigenvalue weighted by molar-refractivity contribution is -0.909. The van der Waals surface area contributed by atoms with Crippen LogP contribution in [0.1, 0.15) is 12.8 Å². The van der Waals surface area contributed by atoms with E-state index in [0.29, 0.717) is 23.4 Å². The quantitative estimate of drug-likeness (QED) is 0.741. The molecule has 1 unspecified atom stereocenters. The number of amides is 1. The van der Waals surface area contributed by atoms with Crippen molar-refractivity contribution < 1.29 is 18.9 Å². The number of carbonyl (C=O) groups excluding carboxylic acids is 1. The summed E-state index contributed by atoms with van der Waals surface area (Å²) in [6.45, 7) is 1.90. The van der Waals surface area contributed by atoms with Gasteiger partial charge in [-0.15, -0.1) is 0 Å². The Kier molecular flexibility index (Phi) is 3.44. The number of piperidine rings is 1. The lowest BCUT2D eigenvalue weighted by Crippen LogP contribution is -2.55. The van der Waals surface area contributed by atoms with E-state index in [4.69, 9.17) is 0 Å². The summed E-state index contributed by atoms with van der Waals surface area (Å²) in [5.41, 5.74) is 0. The van der Waals surface area contributed by atoms with Gasteiger partial charge < -0.3 is 19.4 Å². The fourth-order valence-corrected chi connectivity index (χ4v) is 2.35. The van der Waals surface area contributed by atoms with Gasteiger partial charge in [0.15, 0.2) is 12.4 Å². The Morgan fingerprint density at radius 1 is 1.76 bits per heavy atom. The van der Waals surface area contributed by atoms with Crippen LogP contribution in [0, 0.1) is 0 Å². The molecule has 0 aliphatic carbocycles. The molecular weight excluding hydrogens is 222 g/mol. The molecule has 0 aromatic carbocycles. The van der Waals surface area contributed by atoms with Crippen LogP contribution in [-0.4, -0.2) is 53.4 Å². The normalized spacial score (nSPS) is 28.9. The summed E-state index contributed by atoms with van der Waals surface area (Å²) in [6.07, 6.45) is 2.90. The molecule has 94 valence electrons. The maximum atomic E-state index is 11.8. The predicted molar refractivity (Wildman–Crippen MR) is 61.2 cm³/mol. The van der Waals surface area contributed by atoms with E-state index in [1.165, 1.54) is 6.26 Å². The molecule has 0 spiro atoms. The molecule has 2 N–H and O–H groups in total. The Labute approximate surface area is 99.8 Å². The highest BCUT2D eigenvalue weighted by molar-refractivity contribution is 5.90. The summed E-state index contributed by atoms with van der Waals surface area (Å²) < 4.78 is 5.21. The molecule has 1 saturated heterocycles. The maximum absolute atomic E-state index is 11.8. The fourth-order valence-electron chi connectivity index (χ4n) is 2.35. The van der Waals surface area contributed by atoms with Crippen LogP contribution in [0.2, 0.25) is 0 Å². The molecule has 1 fully saturated rings. The number of quaternary nitrogens is 1. The van der Waals surface area contributed by atoms with E-state index >= 15 is 0 Å². The Bertz CT molecular complexity index is 379. The molecule has 1 aliphatic heterocycles. The number of rotatable bonds is 3. The van der Waals surface area contributed by atoms with Gasteiger partial charge >= 0.3 is 0 Å². The van der Waals surface area contributed by atoms with Crippen LogP contribution in [0.4, 0.5) is 5.82 Å². The number of nitrogens with one attached hydrogen (secondary N) is 1. The number of nitrogens with zero attached hydrogens (tertiary/aromatic N) is 2. The molecule has 0 saturated carbocycles. The highest BCUT2D eigenvalue weighted by Crippen LogP contribution is 2.16. The lowest BCUT2D eigenvalue weighted by Gasteiger charge is -2.39. The predicted octanol–water partition coefficient (Wildman–Crippen LogP) is 0.214. The number of aliphatic hydroxyl groups is 1. The Hall–Kier alpha value is -1.40. The van der Waals surface area contributed by atoms with Crippen LogP contribution in [0.3, 0.4) is 0 Å². The summed E-state index contributed by atoms with van der Waals surface area (Å²) in [5, 5.41) is 15.9. The Morgan fingerprint density at radius 2 is 2.59 bits per heavy atom. The molecule has 6 heteroatoms. The van der Waals surface area contributed by atoms with Gasteiger partial charge in [0.05, 0.1) is 13.6 Å². The van der Waals surface area contributed by atoms with Crippen molar-refractivity contribution in [2.45, 2.75) is 18.9 Å². The molecule has 2 heterocycles. The minimum Gasteiger partial charge on any atom is -0.387 e. The van der Waals surface area contributed by atoms with Crippen molar-refractivity contribution in [1.82, 2.24) is 5.16 Å². The summed E-state index contributed by atoms with van der Waals surface area (Å²) in [4.78, 5) is 11.8. The van der Waals surface area contributed by atoms with Gasteiger partial charge in [-0.3, -0.25) is 4.79 Å². The zero-order valence-electron chi connectivity index (χ0n) is 9.93. The number of carbonyl (C=O) groups is 1. The number of likely N-dealkylation sites (N-methyl/N-ethyl adjacent to an activating group) is 1.